The predicted octanol–water partition coefficient (Wildman–Crippen LogP) is 4.73. The van der Waals surface area contributed by atoms with Gasteiger partial charge in [0.15, 0.2) is 0 Å². The molecule has 0 aliphatic rings. The summed E-state index contributed by atoms with van der Waals surface area (Å²) < 4.78 is 11.1. The minimum Gasteiger partial charge on any atom is -0.496 e. The van der Waals surface area contributed by atoms with Gasteiger partial charge >= 0.3 is 0 Å². The molecule has 3 rings (SSSR count). The van der Waals surface area contributed by atoms with Crippen molar-refractivity contribution in [3.8, 4) is 17.2 Å². The molecule has 4 nitrogen and oxygen atoms in total. The Kier molecular flexibility index (Phi) is 5.54. The lowest BCUT2D eigenvalue weighted by atomic mass is 10.1. The number of aryl methyl sites for hydroxylation is 1. The van der Waals surface area contributed by atoms with Gasteiger partial charge in [-0.1, -0.05) is 30.3 Å². The molecule has 0 aliphatic heterocycles. The van der Waals surface area contributed by atoms with Gasteiger partial charge in [0.05, 0.1) is 7.11 Å². The fourth-order valence-corrected chi connectivity index (χ4v) is 2.62. The lowest BCUT2D eigenvalue weighted by Crippen LogP contribution is -2.22. The Balaban J connectivity index is 1.61. The lowest BCUT2D eigenvalue weighted by Gasteiger charge is -2.10. The van der Waals surface area contributed by atoms with Crippen molar-refractivity contribution in [1.29, 1.82) is 0 Å². The minimum atomic E-state index is -0.141. The zero-order valence-corrected chi connectivity index (χ0v) is 14.9. The molecule has 1 N–H and O–H groups in total. The number of rotatable bonds is 6. The molecule has 0 atom stereocenters. The Labute approximate surface area is 153 Å². The third-order valence-corrected chi connectivity index (χ3v) is 3.97. The van der Waals surface area contributed by atoms with Crippen LogP contribution in [-0.4, -0.2) is 13.0 Å². The van der Waals surface area contributed by atoms with Crippen molar-refractivity contribution in [2.45, 2.75) is 13.5 Å². The number of hydrogen-bond donors (Lipinski definition) is 1. The van der Waals surface area contributed by atoms with Crippen LogP contribution in [0, 0.1) is 6.92 Å². The van der Waals surface area contributed by atoms with Crippen LogP contribution in [0.3, 0.4) is 0 Å². The van der Waals surface area contributed by atoms with Crippen LogP contribution in [0.1, 0.15) is 21.5 Å². The molecule has 0 saturated carbocycles. The largest absolute Gasteiger partial charge is 0.496 e. The van der Waals surface area contributed by atoms with Gasteiger partial charge in [-0.2, -0.15) is 0 Å². The molecule has 0 bridgehead atoms. The van der Waals surface area contributed by atoms with Crippen LogP contribution in [-0.2, 0) is 6.54 Å². The molecule has 0 spiro atoms. The summed E-state index contributed by atoms with van der Waals surface area (Å²) in [5, 5.41) is 2.91. The summed E-state index contributed by atoms with van der Waals surface area (Å²) in [6.45, 7) is 2.42. The van der Waals surface area contributed by atoms with Gasteiger partial charge in [-0.3, -0.25) is 4.79 Å². The summed E-state index contributed by atoms with van der Waals surface area (Å²) in [5.41, 5.74) is 2.65. The van der Waals surface area contributed by atoms with Crippen molar-refractivity contribution >= 4 is 5.91 Å². The standard InChI is InChI=1S/C22H21NO3/c1-16-6-5-8-20(14-16)26-19-12-10-17(11-13-19)22(24)23-15-18-7-3-4-9-21(18)25-2/h3-14H,15H2,1-2H3,(H,23,24). The highest BCUT2D eigenvalue weighted by Gasteiger charge is 2.08. The van der Waals surface area contributed by atoms with Gasteiger partial charge < -0.3 is 14.8 Å². The smallest absolute Gasteiger partial charge is 0.251 e. The number of carbonyl (C=O) groups excluding carboxylic acids is 1. The molecule has 0 aliphatic carbocycles. The van der Waals surface area contributed by atoms with Gasteiger partial charge in [-0.15, -0.1) is 0 Å². The number of carbonyl (C=O) groups is 1. The predicted molar refractivity (Wildman–Crippen MR) is 102 cm³/mol. The van der Waals surface area contributed by atoms with Gasteiger partial charge in [-0.25, -0.2) is 0 Å². The van der Waals surface area contributed by atoms with E-state index in [1.165, 1.54) is 0 Å². The maximum atomic E-state index is 12.3. The SMILES string of the molecule is COc1ccccc1CNC(=O)c1ccc(Oc2cccc(C)c2)cc1. The molecule has 3 aromatic rings. The molecule has 0 unspecified atom stereocenters. The monoisotopic (exact) mass is 347 g/mol. The van der Waals surface area contributed by atoms with Crippen molar-refractivity contribution in [3.63, 3.8) is 0 Å². The Morgan fingerprint density at radius 2 is 1.69 bits per heavy atom. The number of benzene rings is 3. The third-order valence-electron chi connectivity index (χ3n) is 3.97. The van der Waals surface area contributed by atoms with E-state index in [0.29, 0.717) is 17.9 Å². The zero-order valence-electron chi connectivity index (χ0n) is 14.9. The highest BCUT2D eigenvalue weighted by atomic mass is 16.5. The maximum absolute atomic E-state index is 12.3. The van der Waals surface area contributed by atoms with E-state index in [2.05, 4.69) is 5.32 Å². The number of hydrogen-bond acceptors (Lipinski definition) is 3. The van der Waals surface area contributed by atoms with Crippen molar-refractivity contribution < 1.29 is 14.3 Å². The van der Waals surface area contributed by atoms with Crippen molar-refractivity contribution in [3.05, 3.63) is 89.5 Å². The van der Waals surface area contributed by atoms with Crippen molar-refractivity contribution in [2.75, 3.05) is 7.11 Å². The second-order valence-electron chi connectivity index (χ2n) is 5.94. The molecule has 1 amide bonds. The number of methoxy groups -OCH3 is 1. The van der Waals surface area contributed by atoms with E-state index in [9.17, 15) is 4.79 Å². The Hall–Kier alpha value is -3.27. The van der Waals surface area contributed by atoms with E-state index in [0.717, 1.165) is 22.6 Å². The molecule has 132 valence electrons. The summed E-state index contributed by atoms with van der Waals surface area (Å²) in [6, 6.07) is 22.5. The van der Waals surface area contributed by atoms with Gasteiger partial charge in [-0.05, 0) is 55.0 Å². The number of amides is 1. The number of para-hydroxylation sites is 1. The summed E-state index contributed by atoms with van der Waals surface area (Å²) in [6.07, 6.45) is 0. The van der Waals surface area contributed by atoms with Gasteiger partial charge in [0.25, 0.3) is 5.91 Å². The van der Waals surface area contributed by atoms with Crippen LogP contribution in [0.5, 0.6) is 17.2 Å². The molecule has 4 heteroatoms. The van der Waals surface area contributed by atoms with Crippen LogP contribution < -0.4 is 14.8 Å². The number of nitrogens with one attached hydrogen (secondary N) is 1. The Morgan fingerprint density at radius 1 is 0.923 bits per heavy atom. The van der Waals surface area contributed by atoms with Crippen molar-refractivity contribution in [2.24, 2.45) is 0 Å². The molecule has 0 heterocycles. The average Bonchev–Trinajstić information content (AvgIpc) is 2.67. The fraction of sp³-hybridized carbons (Fsp3) is 0.136. The third kappa shape index (κ3) is 4.42. The minimum absolute atomic E-state index is 0.141. The molecule has 26 heavy (non-hydrogen) atoms. The molecule has 0 saturated heterocycles. The maximum Gasteiger partial charge on any atom is 0.251 e. The molecule has 0 fully saturated rings. The van der Waals surface area contributed by atoms with Crippen molar-refractivity contribution in [1.82, 2.24) is 5.32 Å². The van der Waals surface area contributed by atoms with E-state index >= 15 is 0 Å². The molecular formula is C22H21NO3. The first-order chi connectivity index (χ1) is 12.7. The zero-order chi connectivity index (χ0) is 18.4. The Morgan fingerprint density at radius 3 is 2.42 bits per heavy atom. The molecular weight excluding hydrogens is 326 g/mol. The highest BCUT2D eigenvalue weighted by molar-refractivity contribution is 5.94. The van der Waals surface area contributed by atoms with Crippen LogP contribution in [0.2, 0.25) is 0 Å². The van der Waals surface area contributed by atoms with E-state index < -0.39 is 0 Å². The summed E-state index contributed by atoms with van der Waals surface area (Å²) >= 11 is 0. The van der Waals surface area contributed by atoms with Crippen LogP contribution in [0.25, 0.3) is 0 Å². The fourth-order valence-electron chi connectivity index (χ4n) is 2.62. The van der Waals surface area contributed by atoms with Crippen LogP contribution >= 0.6 is 0 Å². The normalized spacial score (nSPS) is 10.2. The lowest BCUT2D eigenvalue weighted by molar-refractivity contribution is 0.0950. The Bertz CT molecular complexity index is 888. The highest BCUT2D eigenvalue weighted by Crippen LogP contribution is 2.22. The first-order valence-corrected chi connectivity index (χ1v) is 8.40. The topological polar surface area (TPSA) is 47.6 Å². The number of ether oxygens (including phenoxy) is 2. The summed E-state index contributed by atoms with van der Waals surface area (Å²) in [7, 11) is 1.62. The van der Waals surface area contributed by atoms with Gasteiger partial charge in [0.1, 0.15) is 17.2 Å². The van der Waals surface area contributed by atoms with Gasteiger partial charge in [0.2, 0.25) is 0 Å². The van der Waals surface area contributed by atoms with Crippen LogP contribution in [0.4, 0.5) is 0 Å². The molecule has 0 radical (unpaired) electrons. The second-order valence-corrected chi connectivity index (χ2v) is 5.94. The van der Waals surface area contributed by atoms with E-state index in [4.69, 9.17) is 9.47 Å². The summed E-state index contributed by atoms with van der Waals surface area (Å²) in [5.74, 6) is 2.09. The first-order valence-electron chi connectivity index (χ1n) is 8.40. The molecule has 0 aromatic heterocycles. The average molecular weight is 347 g/mol. The van der Waals surface area contributed by atoms with Crippen LogP contribution in [0.15, 0.2) is 72.8 Å². The first kappa shape index (κ1) is 17.5. The molecule has 3 aromatic carbocycles. The van der Waals surface area contributed by atoms with E-state index in [-0.39, 0.29) is 5.91 Å². The van der Waals surface area contributed by atoms with Gasteiger partial charge in [0, 0.05) is 17.7 Å². The quantitative estimate of drug-likeness (QED) is 0.701. The van der Waals surface area contributed by atoms with E-state index in [1.807, 2.05) is 55.5 Å². The summed E-state index contributed by atoms with van der Waals surface area (Å²) in [4.78, 5) is 12.3. The van der Waals surface area contributed by atoms with E-state index in [1.54, 1.807) is 31.4 Å². The second kappa shape index (κ2) is 8.21.